The monoisotopic (exact) mass is 391 g/mol. The summed E-state index contributed by atoms with van der Waals surface area (Å²) < 4.78 is 5.82. The smallest absolute Gasteiger partial charge is 0.356 e. The van der Waals surface area contributed by atoms with E-state index >= 15 is 0 Å². The van der Waals surface area contributed by atoms with Crippen molar-refractivity contribution in [2.45, 2.75) is 33.1 Å². The number of aryl methyl sites for hydroxylation is 2. The zero-order valence-electron chi connectivity index (χ0n) is 14.2. The van der Waals surface area contributed by atoms with Crippen LogP contribution in [0.4, 0.5) is 5.95 Å². The van der Waals surface area contributed by atoms with Crippen LogP contribution in [0.2, 0.25) is 0 Å². The first kappa shape index (κ1) is 18.4. The fourth-order valence-electron chi connectivity index (χ4n) is 2.40. The third-order valence-electron chi connectivity index (χ3n) is 3.58. The number of hydrogen-bond acceptors (Lipinski definition) is 5. The molecule has 0 atom stereocenters. The van der Waals surface area contributed by atoms with Crippen molar-refractivity contribution < 1.29 is 9.53 Å². The molecular weight excluding hydrogens is 370 g/mol. The lowest BCUT2D eigenvalue weighted by Crippen LogP contribution is -2.12. The third-order valence-corrected chi connectivity index (χ3v) is 4.32. The fourth-order valence-corrected chi connectivity index (χ4v) is 3.03. The number of aromatic nitrogens is 2. The molecule has 0 bridgehead atoms. The first-order valence-corrected chi connectivity index (χ1v) is 8.78. The van der Waals surface area contributed by atoms with Crippen LogP contribution in [0.5, 0.6) is 0 Å². The maximum absolute atomic E-state index is 11.6. The number of nitrogens with zero attached hydrogens (tertiary/aromatic N) is 2. The molecule has 0 fully saturated rings. The normalized spacial score (nSPS) is 10.5. The van der Waals surface area contributed by atoms with E-state index in [1.165, 1.54) is 18.2 Å². The lowest BCUT2D eigenvalue weighted by atomic mass is 10.1. The molecule has 6 heteroatoms. The Morgan fingerprint density at radius 2 is 2.04 bits per heavy atom. The Bertz CT molecular complexity index is 719. The average molecular weight is 392 g/mol. The zero-order valence-corrected chi connectivity index (χ0v) is 15.8. The van der Waals surface area contributed by atoms with E-state index in [0.717, 1.165) is 29.4 Å². The van der Waals surface area contributed by atoms with Crippen molar-refractivity contribution in [3.63, 3.8) is 0 Å². The van der Waals surface area contributed by atoms with Crippen molar-refractivity contribution in [2.75, 3.05) is 19.0 Å². The van der Waals surface area contributed by atoms with Gasteiger partial charge in [-0.3, -0.25) is 0 Å². The van der Waals surface area contributed by atoms with Gasteiger partial charge in [0.1, 0.15) is 0 Å². The summed E-state index contributed by atoms with van der Waals surface area (Å²) in [5, 5.41) is 3.17. The van der Waals surface area contributed by atoms with Crippen LogP contribution in [0.1, 0.15) is 40.7 Å². The van der Waals surface area contributed by atoms with E-state index < -0.39 is 5.97 Å². The molecule has 1 aromatic carbocycles. The van der Waals surface area contributed by atoms with Crippen LogP contribution in [0, 0.1) is 6.92 Å². The first-order valence-electron chi connectivity index (χ1n) is 7.98. The molecule has 0 spiro atoms. The van der Waals surface area contributed by atoms with Gasteiger partial charge in [-0.25, -0.2) is 14.8 Å². The van der Waals surface area contributed by atoms with E-state index in [1.807, 2.05) is 6.92 Å². The molecule has 2 aromatic rings. The highest BCUT2D eigenvalue weighted by atomic mass is 79.9. The molecule has 2 rings (SSSR count). The Balaban J connectivity index is 1.99. The second kappa shape index (κ2) is 8.78. The molecule has 24 heavy (non-hydrogen) atoms. The van der Waals surface area contributed by atoms with Crippen LogP contribution in [-0.2, 0) is 17.6 Å². The Labute approximate surface area is 151 Å². The minimum absolute atomic E-state index is 0.262. The topological polar surface area (TPSA) is 64.1 Å². The number of esters is 1. The molecule has 0 radical (unpaired) electrons. The number of hydrogen-bond donors (Lipinski definition) is 1. The van der Waals surface area contributed by atoms with Crippen molar-refractivity contribution in [3.8, 4) is 0 Å². The van der Waals surface area contributed by atoms with E-state index in [9.17, 15) is 4.79 Å². The number of benzene rings is 1. The maximum atomic E-state index is 11.6. The summed E-state index contributed by atoms with van der Waals surface area (Å²) in [4.78, 5) is 20.1. The SMILES string of the molecule is CCCc1ccc(CCNc2nc(C)cc(C(=O)OC)n2)c(Br)c1. The number of rotatable bonds is 7. The van der Waals surface area contributed by atoms with E-state index in [4.69, 9.17) is 4.74 Å². The molecule has 1 aromatic heterocycles. The maximum Gasteiger partial charge on any atom is 0.356 e. The standard InChI is InChI=1S/C18H22BrN3O2/c1-4-5-13-6-7-14(15(19)11-13)8-9-20-18-21-12(2)10-16(22-18)17(23)24-3/h6-7,10-11H,4-5,8-9H2,1-3H3,(H,20,21,22). The lowest BCUT2D eigenvalue weighted by Gasteiger charge is -2.09. The highest BCUT2D eigenvalue weighted by Gasteiger charge is 2.10. The van der Waals surface area contributed by atoms with Crippen LogP contribution in [0.3, 0.4) is 0 Å². The molecule has 0 aliphatic rings. The van der Waals surface area contributed by atoms with Crippen molar-refractivity contribution in [2.24, 2.45) is 0 Å². The van der Waals surface area contributed by atoms with E-state index in [2.05, 4.69) is 56.3 Å². The van der Waals surface area contributed by atoms with Crippen LogP contribution in [0.25, 0.3) is 0 Å². The highest BCUT2D eigenvalue weighted by Crippen LogP contribution is 2.20. The quantitative estimate of drug-likeness (QED) is 0.724. The molecule has 1 N–H and O–H groups in total. The minimum Gasteiger partial charge on any atom is -0.464 e. The summed E-state index contributed by atoms with van der Waals surface area (Å²) in [5.41, 5.74) is 3.55. The predicted molar refractivity (Wildman–Crippen MR) is 98.4 cm³/mol. The van der Waals surface area contributed by atoms with Crippen molar-refractivity contribution >= 4 is 27.8 Å². The molecule has 0 aliphatic carbocycles. The first-order chi connectivity index (χ1) is 11.5. The number of carbonyl (C=O) groups excluding carboxylic acids is 1. The number of methoxy groups -OCH3 is 1. The summed E-state index contributed by atoms with van der Waals surface area (Å²) in [6.45, 7) is 4.67. The molecule has 0 saturated heterocycles. The van der Waals surface area contributed by atoms with Crippen LogP contribution in [-0.4, -0.2) is 29.6 Å². The van der Waals surface area contributed by atoms with Gasteiger partial charge in [-0.15, -0.1) is 0 Å². The molecule has 5 nitrogen and oxygen atoms in total. The summed E-state index contributed by atoms with van der Waals surface area (Å²) >= 11 is 3.63. The second-order valence-electron chi connectivity index (χ2n) is 5.56. The molecule has 0 aliphatic heterocycles. The van der Waals surface area contributed by atoms with Gasteiger partial charge in [-0.1, -0.05) is 41.4 Å². The van der Waals surface area contributed by atoms with Crippen LogP contribution < -0.4 is 5.32 Å². The molecule has 1 heterocycles. The number of carbonyl (C=O) groups is 1. The average Bonchev–Trinajstić information content (AvgIpc) is 2.56. The summed E-state index contributed by atoms with van der Waals surface area (Å²) in [6, 6.07) is 8.10. The van der Waals surface area contributed by atoms with Gasteiger partial charge < -0.3 is 10.1 Å². The predicted octanol–water partition coefficient (Wildman–Crippen LogP) is 3.94. The fraction of sp³-hybridized carbons (Fsp3) is 0.389. The van der Waals surface area contributed by atoms with Gasteiger partial charge in [0.05, 0.1) is 7.11 Å². The summed E-state index contributed by atoms with van der Waals surface area (Å²) in [6.07, 6.45) is 3.06. The molecule has 0 amide bonds. The summed E-state index contributed by atoms with van der Waals surface area (Å²) in [5.74, 6) is -0.0214. The Morgan fingerprint density at radius 3 is 2.71 bits per heavy atom. The summed E-state index contributed by atoms with van der Waals surface area (Å²) in [7, 11) is 1.34. The van der Waals surface area contributed by atoms with Crippen molar-refractivity contribution in [1.29, 1.82) is 0 Å². The van der Waals surface area contributed by atoms with Crippen molar-refractivity contribution in [1.82, 2.24) is 9.97 Å². The Hall–Kier alpha value is -1.95. The molecule has 0 saturated carbocycles. The van der Waals surface area contributed by atoms with Gasteiger partial charge in [-0.05, 0) is 43.0 Å². The minimum atomic E-state index is -0.460. The third kappa shape index (κ3) is 5.03. The highest BCUT2D eigenvalue weighted by molar-refractivity contribution is 9.10. The van der Waals surface area contributed by atoms with E-state index in [1.54, 1.807) is 6.07 Å². The molecule has 128 valence electrons. The Kier molecular flexibility index (Phi) is 6.73. The Morgan fingerprint density at radius 1 is 1.25 bits per heavy atom. The number of ether oxygens (including phenoxy) is 1. The van der Waals surface area contributed by atoms with Gasteiger partial charge in [-0.2, -0.15) is 0 Å². The van der Waals surface area contributed by atoms with Gasteiger partial charge in [0, 0.05) is 16.7 Å². The van der Waals surface area contributed by atoms with Crippen LogP contribution >= 0.6 is 15.9 Å². The van der Waals surface area contributed by atoms with Gasteiger partial charge in [0.25, 0.3) is 0 Å². The van der Waals surface area contributed by atoms with Crippen molar-refractivity contribution in [3.05, 3.63) is 51.3 Å². The number of anilines is 1. The van der Waals surface area contributed by atoms with Crippen LogP contribution in [0.15, 0.2) is 28.7 Å². The lowest BCUT2D eigenvalue weighted by molar-refractivity contribution is 0.0594. The van der Waals surface area contributed by atoms with E-state index in [0.29, 0.717) is 12.5 Å². The van der Waals surface area contributed by atoms with Gasteiger partial charge in [0.15, 0.2) is 5.69 Å². The molecule has 0 unspecified atom stereocenters. The number of halogens is 1. The zero-order chi connectivity index (χ0) is 17.5. The van der Waals surface area contributed by atoms with E-state index in [-0.39, 0.29) is 5.69 Å². The van der Waals surface area contributed by atoms with Gasteiger partial charge in [0.2, 0.25) is 5.95 Å². The largest absolute Gasteiger partial charge is 0.464 e. The number of nitrogens with one attached hydrogen (secondary N) is 1. The van der Waals surface area contributed by atoms with Gasteiger partial charge >= 0.3 is 5.97 Å². The molecular formula is C18H22BrN3O2. The second-order valence-corrected chi connectivity index (χ2v) is 6.42.